The molecular weight excluding hydrogens is 292 g/mol. The average molecular weight is 307 g/mol. The van der Waals surface area contributed by atoms with E-state index in [2.05, 4.69) is 52.1 Å². The predicted molar refractivity (Wildman–Crippen MR) is 77.0 cm³/mol. The number of alkyl halides is 1. The Morgan fingerprint density at radius 2 is 1.94 bits per heavy atom. The van der Waals surface area contributed by atoms with Crippen molar-refractivity contribution in [3.63, 3.8) is 0 Å². The lowest BCUT2D eigenvalue weighted by atomic mass is 10.0. The molecule has 0 fully saturated rings. The fourth-order valence-electron chi connectivity index (χ4n) is 1.73. The van der Waals surface area contributed by atoms with Crippen LogP contribution in [0.15, 0.2) is 35.1 Å². The molecule has 0 unspecified atom stereocenters. The molecule has 0 aliphatic carbocycles. The van der Waals surface area contributed by atoms with Crippen LogP contribution in [0.2, 0.25) is 0 Å². The molecular formula is C14H15BrN2O. The number of hydrogen-bond donors (Lipinski definition) is 1. The van der Waals surface area contributed by atoms with Crippen molar-refractivity contribution >= 4 is 15.9 Å². The zero-order chi connectivity index (χ0) is 13.1. The predicted octanol–water partition coefficient (Wildman–Crippen LogP) is 3.46. The minimum Gasteiger partial charge on any atom is -0.268 e. The van der Waals surface area contributed by atoms with Crippen molar-refractivity contribution in [3.8, 4) is 11.3 Å². The van der Waals surface area contributed by atoms with Crippen molar-refractivity contribution in [2.24, 2.45) is 0 Å². The van der Waals surface area contributed by atoms with Crippen LogP contribution in [0.4, 0.5) is 0 Å². The lowest BCUT2D eigenvalue weighted by Crippen LogP contribution is -2.13. The summed E-state index contributed by atoms with van der Waals surface area (Å²) < 4.78 is 0. The summed E-state index contributed by atoms with van der Waals surface area (Å²) in [6, 6.07) is 10.1. The first-order valence-corrected chi connectivity index (χ1v) is 6.99. The fraction of sp³-hybridized carbons (Fsp3) is 0.286. The minimum absolute atomic E-state index is 0.144. The third-order valence-electron chi connectivity index (χ3n) is 2.90. The Morgan fingerprint density at radius 1 is 1.28 bits per heavy atom. The molecule has 94 valence electrons. The van der Waals surface area contributed by atoms with Gasteiger partial charge in [-0.25, -0.2) is 5.10 Å². The molecule has 1 aromatic carbocycles. The van der Waals surface area contributed by atoms with Crippen LogP contribution >= 0.6 is 15.9 Å². The van der Waals surface area contributed by atoms with Crippen LogP contribution in [0.3, 0.4) is 0 Å². The Balaban J connectivity index is 2.39. The van der Waals surface area contributed by atoms with Crippen LogP contribution < -0.4 is 5.56 Å². The second-order valence-electron chi connectivity index (χ2n) is 4.52. The molecule has 0 spiro atoms. The lowest BCUT2D eigenvalue weighted by Gasteiger charge is -2.06. The summed E-state index contributed by atoms with van der Waals surface area (Å²) in [4.78, 5) is 11.4. The van der Waals surface area contributed by atoms with E-state index in [0.717, 1.165) is 11.3 Å². The van der Waals surface area contributed by atoms with E-state index in [1.54, 1.807) is 0 Å². The van der Waals surface area contributed by atoms with Gasteiger partial charge in [0.2, 0.25) is 0 Å². The molecule has 0 aliphatic heterocycles. The quantitative estimate of drug-likeness (QED) is 0.883. The molecule has 1 aromatic heterocycles. The van der Waals surface area contributed by atoms with E-state index >= 15 is 0 Å². The Bertz CT molecular complexity index is 587. The number of benzene rings is 1. The molecule has 2 aromatic rings. The van der Waals surface area contributed by atoms with Gasteiger partial charge in [-0.2, -0.15) is 5.10 Å². The van der Waals surface area contributed by atoms with Gasteiger partial charge in [0.25, 0.3) is 5.56 Å². The summed E-state index contributed by atoms with van der Waals surface area (Å²) in [6.45, 7) is 4.33. The molecule has 0 radical (unpaired) electrons. The smallest absolute Gasteiger partial charge is 0.268 e. The Labute approximate surface area is 114 Å². The first kappa shape index (κ1) is 13.0. The normalized spacial score (nSPS) is 10.9. The molecule has 0 saturated heterocycles. The molecule has 18 heavy (non-hydrogen) atoms. The van der Waals surface area contributed by atoms with E-state index in [1.807, 2.05) is 18.2 Å². The van der Waals surface area contributed by atoms with E-state index in [0.29, 0.717) is 16.8 Å². The second kappa shape index (κ2) is 5.48. The molecule has 0 bridgehead atoms. The van der Waals surface area contributed by atoms with Crippen LogP contribution in [-0.2, 0) is 5.33 Å². The van der Waals surface area contributed by atoms with Gasteiger partial charge in [-0.15, -0.1) is 0 Å². The van der Waals surface area contributed by atoms with E-state index in [9.17, 15) is 4.79 Å². The van der Waals surface area contributed by atoms with Crippen molar-refractivity contribution in [1.29, 1.82) is 0 Å². The van der Waals surface area contributed by atoms with E-state index < -0.39 is 0 Å². The monoisotopic (exact) mass is 306 g/mol. The van der Waals surface area contributed by atoms with Gasteiger partial charge >= 0.3 is 0 Å². The van der Waals surface area contributed by atoms with Gasteiger partial charge in [-0.3, -0.25) is 4.79 Å². The molecule has 0 saturated carbocycles. The number of aromatic nitrogens is 2. The Morgan fingerprint density at radius 3 is 2.50 bits per heavy atom. The lowest BCUT2D eigenvalue weighted by molar-refractivity contribution is 0.866. The highest BCUT2D eigenvalue weighted by Crippen LogP contribution is 2.21. The maximum atomic E-state index is 11.4. The second-order valence-corrected chi connectivity index (χ2v) is 5.08. The molecule has 1 N–H and O–H groups in total. The summed E-state index contributed by atoms with van der Waals surface area (Å²) in [6.07, 6.45) is 0. The van der Waals surface area contributed by atoms with Crippen LogP contribution in [0.1, 0.15) is 30.9 Å². The topological polar surface area (TPSA) is 45.8 Å². The summed E-state index contributed by atoms with van der Waals surface area (Å²) in [5.41, 5.74) is 3.64. The van der Waals surface area contributed by atoms with Gasteiger partial charge in [0.1, 0.15) is 0 Å². The van der Waals surface area contributed by atoms with Crippen LogP contribution in [0.25, 0.3) is 11.3 Å². The van der Waals surface area contributed by atoms with Gasteiger partial charge in [0.15, 0.2) is 0 Å². The van der Waals surface area contributed by atoms with Gasteiger partial charge in [-0.05, 0) is 17.5 Å². The standard InChI is InChI=1S/C14H15BrN2O/c1-9(2)10-3-5-11(6-4-10)13-7-12(8-15)14(18)17-16-13/h3-7,9H,8H2,1-2H3,(H,17,18). The third-order valence-corrected chi connectivity index (χ3v) is 3.50. The van der Waals surface area contributed by atoms with Gasteiger partial charge in [-0.1, -0.05) is 54.0 Å². The first-order chi connectivity index (χ1) is 8.61. The number of H-pyrrole nitrogens is 1. The van der Waals surface area contributed by atoms with Crippen molar-refractivity contribution in [2.45, 2.75) is 25.1 Å². The highest BCUT2D eigenvalue weighted by atomic mass is 79.9. The molecule has 0 amide bonds. The molecule has 3 nitrogen and oxygen atoms in total. The first-order valence-electron chi connectivity index (χ1n) is 5.86. The van der Waals surface area contributed by atoms with Gasteiger partial charge in [0.05, 0.1) is 5.69 Å². The summed E-state index contributed by atoms with van der Waals surface area (Å²) in [7, 11) is 0. The molecule has 0 atom stereocenters. The number of hydrogen-bond acceptors (Lipinski definition) is 2. The molecule has 4 heteroatoms. The molecule has 1 heterocycles. The van der Waals surface area contributed by atoms with Crippen LogP contribution in [-0.4, -0.2) is 10.2 Å². The van der Waals surface area contributed by atoms with E-state index in [4.69, 9.17) is 0 Å². The zero-order valence-corrected chi connectivity index (χ0v) is 12.0. The highest BCUT2D eigenvalue weighted by molar-refractivity contribution is 9.08. The summed E-state index contributed by atoms with van der Waals surface area (Å²) in [5, 5.41) is 7.12. The van der Waals surface area contributed by atoms with E-state index in [1.165, 1.54) is 5.56 Å². The number of nitrogens with one attached hydrogen (secondary N) is 1. The van der Waals surface area contributed by atoms with Crippen molar-refractivity contribution < 1.29 is 0 Å². The van der Waals surface area contributed by atoms with Gasteiger partial charge in [0, 0.05) is 16.5 Å². The molecule has 2 rings (SSSR count). The largest absolute Gasteiger partial charge is 0.268 e. The van der Waals surface area contributed by atoms with E-state index in [-0.39, 0.29) is 5.56 Å². The number of nitrogens with zero attached hydrogens (tertiary/aromatic N) is 1. The maximum Gasteiger partial charge on any atom is 0.268 e. The maximum absolute atomic E-state index is 11.4. The summed E-state index contributed by atoms with van der Waals surface area (Å²) in [5.74, 6) is 0.515. The Hall–Kier alpha value is -1.42. The number of halogens is 1. The number of aromatic amines is 1. The zero-order valence-electron chi connectivity index (χ0n) is 10.4. The van der Waals surface area contributed by atoms with Crippen LogP contribution in [0.5, 0.6) is 0 Å². The van der Waals surface area contributed by atoms with Crippen molar-refractivity contribution in [1.82, 2.24) is 10.2 Å². The van der Waals surface area contributed by atoms with Crippen LogP contribution in [0, 0.1) is 0 Å². The molecule has 0 aliphatic rings. The van der Waals surface area contributed by atoms with Gasteiger partial charge < -0.3 is 0 Å². The fourth-order valence-corrected chi connectivity index (χ4v) is 2.15. The summed E-state index contributed by atoms with van der Waals surface area (Å²) >= 11 is 3.30. The highest BCUT2D eigenvalue weighted by Gasteiger charge is 2.05. The Kier molecular flexibility index (Phi) is 3.97. The third kappa shape index (κ3) is 2.70. The van der Waals surface area contributed by atoms with Crippen molar-refractivity contribution in [2.75, 3.05) is 0 Å². The minimum atomic E-state index is -0.144. The average Bonchev–Trinajstić information content (AvgIpc) is 2.39. The SMILES string of the molecule is CC(C)c1ccc(-c2cc(CBr)c(=O)[nH]n2)cc1. The number of rotatable bonds is 3. The van der Waals surface area contributed by atoms with Crippen molar-refractivity contribution in [3.05, 3.63) is 51.8 Å².